The number of ether oxygens (including phenoxy) is 1. The summed E-state index contributed by atoms with van der Waals surface area (Å²) in [5, 5.41) is 21.1. The molecule has 0 atom stereocenters. The molecule has 230 valence electrons. The van der Waals surface area contributed by atoms with E-state index in [2.05, 4.69) is 33.0 Å². The molecule has 4 aromatic rings. The highest BCUT2D eigenvalue weighted by molar-refractivity contribution is 7.86. The van der Waals surface area contributed by atoms with Crippen LogP contribution in [0.5, 0.6) is 11.5 Å². The van der Waals surface area contributed by atoms with Crippen molar-refractivity contribution >= 4 is 71.0 Å². The van der Waals surface area contributed by atoms with E-state index >= 15 is 0 Å². The Morgan fingerprint density at radius 1 is 0.932 bits per heavy atom. The number of carbonyl (C=O) groups excluding carboxylic acids is 1. The summed E-state index contributed by atoms with van der Waals surface area (Å²) in [6, 6.07) is 12.7. The molecule has 0 aromatic heterocycles. The van der Waals surface area contributed by atoms with Crippen molar-refractivity contribution < 1.29 is 40.6 Å². The average Bonchev–Trinajstić information content (AvgIpc) is 2.95. The molecule has 0 heterocycles. The Hall–Kier alpha value is -5.23. The Labute approximate surface area is 251 Å². The van der Waals surface area contributed by atoms with Crippen LogP contribution in [0, 0.1) is 6.92 Å². The van der Waals surface area contributed by atoms with Gasteiger partial charge in [-0.15, -0.1) is 10.2 Å². The maximum Gasteiger partial charge on any atom is 0.296 e. The monoisotopic (exact) mass is 642 g/mol. The number of amides is 1. The molecule has 0 aliphatic rings. The van der Waals surface area contributed by atoms with Crippen LogP contribution in [0.15, 0.2) is 87.3 Å². The van der Waals surface area contributed by atoms with Gasteiger partial charge in [0.2, 0.25) is 5.91 Å². The van der Waals surface area contributed by atoms with Gasteiger partial charge in [-0.1, -0.05) is 6.58 Å². The number of methoxy groups -OCH3 is 1. The third-order valence-electron chi connectivity index (χ3n) is 6.20. The molecule has 1 amide bonds. The molecule has 0 aliphatic carbocycles. The Bertz CT molecular complexity index is 2050. The van der Waals surface area contributed by atoms with Crippen LogP contribution in [0.3, 0.4) is 0 Å². The molecule has 0 radical (unpaired) electrons. The number of phenols is 1. The second-order valence-electron chi connectivity index (χ2n) is 9.19. The first-order valence-electron chi connectivity index (χ1n) is 12.3. The highest BCUT2D eigenvalue weighted by atomic mass is 32.2. The summed E-state index contributed by atoms with van der Waals surface area (Å²) in [6.07, 6.45) is 1.16. The molecule has 0 fully saturated rings. The van der Waals surface area contributed by atoms with Gasteiger partial charge in [0.1, 0.15) is 26.9 Å². The summed E-state index contributed by atoms with van der Waals surface area (Å²) in [7, 11) is -8.44. The molecule has 0 saturated carbocycles. The van der Waals surface area contributed by atoms with Crippen LogP contribution < -0.4 is 26.6 Å². The van der Waals surface area contributed by atoms with Crippen molar-refractivity contribution in [1.82, 2.24) is 0 Å². The number of hydrazine groups is 1. The standard InChI is InChI=1S/C27H26N6O9S2/c1-4-25(34)29-16-5-7-17(8-6-16)30-31-20-13-22(42-3)21(9-14(20)2)32-33-26-24(44(39,40)41)11-15-10-23(43(36,37)38)19(28)12-18(15)27(26)35/h4-13,30-31,35H,1,28H2,2-3H3,(H,29,34)(H,36,37,38)(H,39,40,41). The van der Waals surface area contributed by atoms with Gasteiger partial charge in [-0.2, -0.15) is 16.8 Å². The quantitative estimate of drug-likeness (QED) is 0.0401. The minimum Gasteiger partial charge on any atom is -0.505 e. The Kier molecular flexibility index (Phi) is 8.77. The number of nitrogen functional groups attached to an aromatic ring is 1. The number of anilines is 4. The lowest BCUT2D eigenvalue weighted by Gasteiger charge is -2.15. The van der Waals surface area contributed by atoms with Crippen molar-refractivity contribution in [3.8, 4) is 11.5 Å². The number of carbonyl (C=O) groups is 1. The van der Waals surface area contributed by atoms with Crippen LogP contribution in [0.1, 0.15) is 5.56 Å². The third-order valence-corrected chi connectivity index (χ3v) is 7.98. The number of rotatable bonds is 10. The molecule has 17 heteroatoms. The normalized spacial score (nSPS) is 11.8. The number of hydrogen-bond acceptors (Lipinski definition) is 12. The summed E-state index contributed by atoms with van der Waals surface area (Å²) in [6.45, 7) is 5.14. The maximum absolute atomic E-state index is 12.2. The van der Waals surface area contributed by atoms with E-state index in [0.29, 0.717) is 22.6 Å². The van der Waals surface area contributed by atoms with Gasteiger partial charge < -0.3 is 31.7 Å². The van der Waals surface area contributed by atoms with E-state index in [4.69, 9.17) is 10.5 Å². The van der Waals surface area contributed by atoms with E-state index in [1.165, 1.54) is 7.11 Å². The van der Waals surface area contributed by atoms with Gasteiger partial charge in [0.15, 0.2) is 5.75 Å². The van der Waals surface area contributed by atoms with Gasteiger partial charge in [0.05, 0.1) is 24.2 Å². The predicted octanol–water partition coefficient (Wildman–Crippen LogP) is 4.92. The number of azo groups is 1. The molecule has 0 spiro atoms. The van der Waals surface area contributed by atoms with Gasteiger partial charge >= 0.3 is 0 Å². The first kappa shape index (κ1) is 31.7. The lowest BCUT2D eigenvalue weighted by Crippen LogP contribution is -2.10. The van der Waals surface area contributed by atoms with E-state index in [1.807, 2.05) is 0 Å². The second-order valence-corrected chi connectivity index (χ2v) is 12.0. The van der Waals surface area contributed by atoms with Crippen molar-refractivity contribution in [2.45, 2.75) is 16.7 Å². The second kappa shape index (κ2) is 12.2. The fourth-order valence-corrected chi connectivity index (χ4v) is 5.32. The summed E-state index contributed by atoms with van der Waals surface area (Å²) < 4.78 is 72.3. The van der Waals surface area contributed by atoms with Crippen LogP contribution in [0.2, 0.25) is 0 Å². The largest absolute Gasteiger partial charge is 0.505 e. The lowest BCUT2D eigenvalue weighted by molar-refractivity contribution is -0.111. The van der Waals surface area contributed by atoms with Crippen LogP contribution in [0.25, 0.3) is 10.8 Å². The molecule has 4 aromatic carbocycles. The molecule has 8 N–H and O–H groups in total. The lowest BCUT2D eigenvalue weighted by atomic mass is 10.1. The summed E-state index contributed by atoms with van der Waals surface area (Å²) >= 11 is 0. The minimum atomic E-state index is -5.02. The molecular formula is C27H26N6O9S2. The molecule has 44 heavy (non-hydrogen) atoms. The summed E-state index contributed by atoms with van der Waals surface area (Å²) in [4.78, 5) is 9.84. The Morgan fingerprint density at radius 3 is 2.14 bits per heavy atom. The average molecular weight is 643 g/mol. The number of benzene rings is 4. The van der Waals surface area contributed by atoms with Crippen LogP contribution in [0.4, 0.5) is 34.1 Å². The van der Waals surface area contributed by atoms with Crippen molar-refractivity contribution in [3.63, 3.8) is 0 Å². The first-order chi connectivity index (χ1) is 20.6. The number of aromatic hydroxyl groups is 1. The fourth-order valence-electron chi connectivity index (χ4n) is 4.03. The van der Waals surface area contributed by atoms with Crippen LogP contribution in [-0.4, -0.2) is 44.1 Å². The number of phenolic OH excluding ortho intramolecular Hbond substituents is 1. The smallest absolute Gasteiger partial charge is 0.296 e. The molecule has 0 saturated heterocycles. The zero-order chi connectivity index (χ0) is 32.4. The number of nitrogens with one attached hydrogen (secondary N) is 3. The SMILES string of the molecule is C=CC(=O)Nc1ccc(NNc2cc(OC)c(N=Nc3c(S(=O)(=O)O)cc4cc(S(=O)(=O)O)c(N)cc4c3O)cc2C)cc1. The maximum atomic E-state index is 12.2. The van der Waals surface area contributed by atoms with Gasteiger partial charge in [-0.3, -0.25) is 13.9 Å². The molecule has 0 unspecified atom stereocenters. The van der Waals surface area contributed by atoms with Crippen molar-refractivity contribution in [2.75, 3.05) is 29.0 Å². The topological polar surface area (TPSA) is 242 Å². The zero-order valence-electron chi connectivity index (χ0n) is 23.1. The summed E-state index contributed by atoms with van der Waals surface area (Å²) in [5.74, 6) is -0.921. The first-order valence-corrected chi connectivity index (χ1v) is 15.2. The van der Waals surface area contributed by atoms with Gasteiger partial charge in [0.25, 0.3) is 20.2 Å². The van der Waals surface area contributed by atoms with Gasteiger partial charge in [-0.05, 0) is 72.5 Å². The molecule has 0 aliphatic heterocycles. The molecule has 0 bridgehead atoms. The van der Waals surface area contributed by atoms with Crippen molar-refractivity contribution in [2.24, 2.45) is 10.2 Å². The number of nitrogens with zero attached hydrogens (tertiary/aromatic N) is 2. The predicted molar refractivity (Wildman–Crippen MR) is 164 cm³/mol. The highest BCUT2D eigenvalue weighted by Gasteiger charge is 2.24. The molecular weight excluding hydrogens is 616 g/mol. The third kappa shape index (κ3) is 6.87. The zero-order valence-corrected chi connectivity index (χ0v) is 24.7. The fraction of sp³-hybridized carbons (Fsp3) is 0.0741. The molecule has 15 nitrogen and oxygen atoms in total. The van der Waals surface area contributed by atoms with Crippen LogP contribution >= 0.6 is 0 Å². The van der Waals surface area contributed by atoms with E-state index < -0.39 is 47.2 Å². The minimum absolute atomic E-state index is 0.124. The van der Waals surface area contributed by atoms with Crippen molar-refractivity contribution in [1.29, 1.82) is 0 Å². The highest BCUT2D eigenvalue weighted by Crippen LogP contribution is 2.44. The van der Waals surface area contributed by atoms with E-state index in [-0.39, 0.29) is 28.1 Å². The Morgan fingerprint density at radius 2 is 1.55 bits per heavy atom. The van der Waals surface area contributed by atoms with E-state index in [0.717, 1.165) is 24.3 Å². The van der Waals surface area contributed by atoms with Gasteiger partial charge in [-0.25, -0.2) is 0 Å². The number of fused-ring (bicyclic) bond motifs is 1. The number of hydrogen-bond donors (Lipinski definition) is 7. The van der Waals surface area contributed by atoms with Crippen molar-refractivity contribution in [3.05, 3.63) is 72.8 Å². The Balaban J connectivity index is 1.68. The summed E-state index contributed by atoms with van der Waals surface area (Å²) in [5.41, 5.74) is 13.3. The van der Waals surface area contributed by atoms with E-state index in [9.17, 15) is 35.8 Å². The van der Waals surface area contributed by atoms with E-state index in [1.54, 1.807) is 43.3 Å². The number of aryl methyl sites for hydroxylation is 1. The van der Waals surface area contributed by atoms with Crippen LogP contribution in [-0.2, 0) is 25.0 Å². The molecule has 4 rings (SSSR count). The van der Waals surface area contributed by atoms with Gasteiger partial charge in [0, 0.05) is 17.1 Å². The number of nitrogens with two attached hydrogens (primary N) is 1.